The molecular formula is C19H38N2. The van der Waals surface area contributed by atoms with Crippen LogP contribution in [0.3, 0.4) is 0 Å². The first-order valence-corrected chi connectivity index (χ1v) is 9.50. The summed E-state index contributed by atoms with van der Waals surface area (Å²) in [4.78, 5) is 2.85. The van der Waals surface area contributed by atoms with Gasteiger partial charge in [-0.05, 0) is 75.4 Å². The number of nitrogens with zero attached hydrogens (tertiary/aromatic N) is 1. The highest BCUT2D eigenvalue weighted by molar-refractivity contribution is 4.94. The van der Waals surface area contributed by atoms with Crippen LogP contribution in [0.5, 0.6) is 0 Å². The molecule has 1 heterocycles. The van der Waals surface area contributed by atoms with Crippen LogP contribution in [0.4, 0.5) is 0 Å². The highest BCUT2D eigenvalue weighted by atomic mass is 15.2. The molecule has 1 aliphatic heterocycles. The second-order valence-electron chi connectivity index (χ2n) is 8.18. The van der Waals surface area contributed by atoms with Gasteiger partial charge in [-0.25, -0.2) is 0 Å². The van der Waals surface area contributed by atoms with Crippen LogP contribution in [0.15, 0.2) is 0 Å². The van der Waals surface area contributed by atoms with Crippen LogP contribution in [0.1, 0.15) is 66.7 Å². The number of hydrogen-bond acceptors (Lipinski definition) is 2. The van der Waals surface area contributed by atoms with Crippen LogP contribution in [-0.4, -0.2) is 36.6 Å². The maximum Gasteiger partial charge on any atom is 0.0275 e. The van der Waals surface area contributed by atoms with Gasteiger partial charge in [-0.3, -0.25) is 4.90 Å². The van der Waals surface area contributed by atoms with Crippen LogP contribution < -0.4 is 5.32 Å². The molecule has 0 radical (unpaired) electrons. The molecule has 0 aromatic rings. The van der Waals surface area contributed by atoms with Gasteiger partial charge in [-0.1, -0.05) is 34.6 Å². The third kappa shape index (κ3) is 4.45. The lowest BCUT2D eigenvalue weighted by Crippen LogP contribution is -2.56. The Balaban J connectivity index is 2.03. The Morgan fingerprint density at radius 2 is 1.86 bits per heavy atom. The lowest BCUT2D eigenvalue weighted by molar-refractivity contribution is 0.0630. The quantitative estimate of drug-likeness (QED) is 0.837. The fourth-order valence-corrected chi connectivity index (χ4v) is 5.03. The monoisotopic (exact) mass is 294 g/mol. The van der Waals surface area contributed by atoms with Gasteiger partial charge in [0.15, 0.2) is 0 Å². The normalized spacial score (nSPS) is 39.4. The zero-order chi connectivity index (χ0) is 15.4. The molecule has 0 amide bonds. The van der Waals surface area contributed by atoms with E-state index in [0.717, 1.165) is 36.3 Å². The fraction of sp³-hybridized carbons (Fsp3) is 1.00. The van der Waals surface area contributed by atoms with Crippen LogP contribution in [0.25, 0.3) is 0 Å². The largest absolute Gasteiger partial charge is 0.313 e. The van der Waals surface area contributed by atoms with Gasteiger partial charge in [0.25, 0.3) is 0 Å². The number of likely N-dealkylation sites (tertiary alicyclic amines) is 1. The second kappa shape index (κ2) is 7.97. The highest BCUT2D eigenvalue weighted by Crippen LogP contribution is 2.34. The topological polar surface area (TPSA) is 15.3 Å². The molecule has 1 aliphatic carbocycles. The van der Waals surface area contributed by atoms with Crippen molar-refractivity contribution in [2.75, 3.05) is 19.6 Å². The van der Waals surface area contributed by atoms with E-state index in [1.165, 1.54) is 45.2 Å². The van der Waals surface area contributed by atoms with Crippen molar-refractivity contribution >= 4 is 0 Å². The fourth-order valence-electron chi connectivity index (χ4n) is 5.03. The average molecular weight is 295 g/mol. The van der Waals surface area contributed by atoms with E-state index in [2.05, 4.69) is 44.8 Å². The minimum atomic E-state index is 0.712. The first-order valence-electron chi connectivity index (χ1n) is 9.50. The SMILES string of the molecule is CCNC1CC(C)CC(C)C1N1CCCC(C(C)C)CC1. The number of rotatable bonds is 4. The Labute approximate surface area is 133 Å². The zero-order valence-electron chi connectivity index (χ0n) is 15.1. The summed E-state index contributed by atoms with van der Waals surface area (Å²) >= 11 is 0. The van der Waals surface area contributed by atoms with Crippen molar-refractivity contribution in [3.63, 3.8) is 0 Å². The third-order valence-corrected chi connectivity index (χ3v) is 6.06. The van der Waals surface area contributed by atoms with E-state index in [1.54, 1.807) is 0 Å². The minimum Gasteiger partial charge on any atom is -0.313 e. The van der Waals surface area contributed by atoms with Crippen molar-refractivity contribution in [3.05, 3.63) is 0 Å². The Hall–Kier alpha value is -0.0800. The van der Waals surface area contributed by atoms with E-state index in [4.69, 9.17) is 0 Å². The van der Waals surface area contributed by atoms with E-state index in [1.807, 2.05) is 0 Å². The molecule has 2 aliphatic rings. The molecule has 2 nitrogen and oxygen atoms in total. The first-order chi connectivity index (χ1) is 10.0. The maximum absolute atomic E-state index is 3.81. The minimum absolute atomic E-state index is 0.712. The van der Waals surface area contributed by atoms with Crippen molar-refractivity contribution in [1.29, 1.82) is 0 Å². The number of likely N-dealkylation sites (N-methyl/N-ethyl adjacent to an activating group) is 1. The smallest absolute Gasteiger partial charge is 0.0275 e. The van der Waals surface area contributed by atoms with Gasteiger partial charge in [0, 0.05) is 12.1 Å². The summed E-state index contributed by atoms with van der Waals surface area (Å²) in [5.74, 6) is 3.54. The Morgan fingerprint density at radius 3 is 2.52 bits per heavy atom. The molecule has 0 bridgehead atoms. The van der Waals surface area contributed by atoms with Gasteiger partial charge in [0.05, 0.1) is 0 Å². The molecular weight excluding hydrogens is 256 g/mol. The van der Waals surface area contributed by atoms with Crippen LogP contribution in [0.2, 0.25) is 0 Å². The van der Waals surface area contributed by atoms with Crippen LogP contribution in [-0.2, 0) is 0 Å². The maximum atomic E-state index is 3.81. The number of hydrogen-bond donors (Lipinski definition) is 1. The van der Waals surface area contributed by atoms with Gasteiger partial charge >= 0.3 is 0 Å². The molecule has 1 saturated carbocycles. The summed E-state index contributed by atoms with van der Waals surface area (Å²) in [5, 5.41) is 3.81. The molecule has 1 saturated heterocycles. The van der Waals surface area contributed by atoms with Gasteiger partial charge in [0.1, 0.15) is 0 Å². The molecule has 2 heteroatoms. The molecule has 5 atom stereocenters. The summed E-state index contributed by atoms with van der Waals surface area (Å²) in [6.07, 6.45) is 7.04. The summed E-state index contributed by atoms with van der Waals surface area (Å²) < 4.78 is 0. The molecule has 2 rings (SSSR count). The number of nitrogens with one attached hydrogen (secondary N) is 1. The summed E-state index contributed by atoms with van der Waals surface area (Å²) in [6.45, 7) is 15.8. The molecule has 0 spiro atoms. The van der Waals surface area contributed by atoms with E-state index in [-0.39, 0.29) is 0 Å². The van der Waals surface area contributed by atoms with E-state index in [0.29, 0.717) is 6.04 Å². The van der Waals surface area contributed by atoms with Gasteiger partial charge < -0.3 is 5.32 Å². The zero-order valence-corrected chi connectivity index (χ0v) is 15.1. The molecule has 1 N–H and O–H groups in total. The molecule has 5 unspecified atom stereocenters. The molecule has 21 heavy (non-hydrogen) atoms. The van der Waals surface area contributed by atoms with Gasteiger partial charge in [0.2, 0.25) is 0 Å². The second-order valence-corrected chi connectivity index (χ2v) is 8.18. The van der Waals surface area contributed by atoms with Crippen LogP contribution >= 0.6 is 0 Å². The van der Waals surface area contributed by atoms with Crippen molar-refractivity contribution in [1.82, 2.24) is 10.2 Å². The molecule has 2 fully saturated rings. The van der Waals surface area contributed by atoms with Crippen molar-refractivity contribution in [2.45, 2.75) is 78.8 Å². The first kappa shape index (κ1) is 17.3. The van der Waals surface area contributed by atoms with Crippen molar-refractivity contribution in [2.24, 2.45) is 23.7 Å². The summed E-state index contributed by atoms with van der Waals surface area (Å²) in [5.41, 5.74) is 0. The van der Waals surface area contributed by atoms with Crippen LogP contribution in [0, 0.1) is 23.7 Å². The van der Waals surface area contributed by atoms with E-state index >= 15 is 0 Å². The average Bonchev–Trinajstić information content (AvgIpc) is 2.64. The summed E-state index contributed by atoms with van der Waals surface area (Å²) in [6, 6.07) is 1.48. The lowest BCUT2D eigenvalue weighted by atomic mass is 9.75. The lowest BCUT2D eigenvalue weighted by Gasteiger charge is -2.46. The van der Waals surface area contributed by atoms with E-state index in [9.17, 15) is 0 Å². The van der Waals surface area contributed by atoms with Gasteiger partial charge in [-0.15, -0.1) is 0 Å². The third-order valence-electron chi connectivity index (χ3n) is 6.06. The van der Waals surface area contributed by atoms with Crippen molar-refractivity contribution < 1.29 is 0 Å². The molecule has 0 aromatic heterocycles. The standard InChI is InChI=1S/C19H38N2/c1-6-20-18-13-15(4)12-16(5)19(18)21-10-7-8-17(9-11-21)14(2)3/h14-20H,6-13H2,1-5H3. The Morgan fingerprint density at radius 1 is 1.10 bits per heavy atom. The van der Waals surface area contributed by atoms with Crippen molar-refractivity contribution in [3.8, 4) is 0 Å². The summed E-state index contributed by atoms with van der Waals surface area (Å²) in [7, 11) is 0. The highest BCUT2D eigenvalue weighted by Gasteiger charge is 2.37. The molecule has 0 aromatic carbocycles. The predicted octanol–water partition coefficient (Wildman–Crippen LogP) is 4.16. The Kier molecular flexibility index (Phi) is 6.55. The van der Waals surface area contributed by atoms with Gasteiger partial charge in [-0.2, -0.15) is 0 Å². The Bertz CT molecular complexity index is 302. The predicted molar refractivity (Wildman–Crippen MR) is 92.6 cm³/mol. The van der Waals surface area contributed by atoms with E-state index < -0.39 is 0 Å². The molecule has 124 valence electrons.